The lowest BCUT2D eigenvalue weighted by atomic mass is 10.1. The number of hydrogen-bond donors (Lipinski definition) is 1. The summed E-state index contributed by atoms with van der Waals surface area (Å²) in [5, 5.41) is 3.28. The van der Waals surface area contributed by atoms with Crippen molar-refractivity contribution in [1.82, 2.24) is 5.32 Å². The molecule has 1 rings (SSSR count). The van der Waals surface area contributed by atoms with E-state index in [9.17, 15) is 8.42 Å². The lowest BCUT2D eigenvalue weighted by molar-refractivity contribution is -0.119. The van der Waals surface area contributed by atoms with Crippen molar-refractivity contribution in [2.75, 3.05) is 37.8 Å². The summed E-state index contributed by atoms with van der Waals surface area (Å²) in [6.07, 6.45) is 0.661. The molecule has 0 radical (unpaired) electrons. The summed E-state index contributed by atoms with van der Waals surface area (Å²) >= 11 is 0. The standard InChI is InChI=1S/C12H25NO4S/c1-4-6-18(14,15)7-5-16-9-11-8-13-10-12(2,3)17-11/h11,13H,4-10H2,1-3H3. The van der Waals surface area contributed by atoms with Gasteiger partial charge in [0.15, 0.2) is 9.84 Å². The molecule has 1 heterocycles. The Morgan fingerprint density at radius 2 is 2.11 bits per heavy atom. The third kappa shape index (κ3) is 6.13. The lowest BCUT2D eigenvalue weighted by Crippen LogP contribution is -2.51. The minimum atomic E-state index is -2.94. The first kappa shape index (κ1) is 15.9. The summed E-state index contributed by atoms with van der Waals surface area (Å²) in [4.78, 5) is 0. The van der Waals surface area contributed by atoms with Gasteiger partial charge in [0.25, 0.3) is 0 Å². The van der Waals surface area contributed by atoms with Crippen LogP contribution in [0.1, 0.15) is 27.2 Å². The zero-order chi connectivity index (χ0) is 13.6. The monoisotopic (exact) mass is 279 g/mol. The lowest BCUT2D eigenvalue weighted by Gasteiger charge is -2.36. The van der Waals surface area contributed by atoms with Gasteiger partial charge in [0, 0.05) is 18.8 Å². The van der Waals surface area contributed by atoms with Crippen LogP contribution in [-0.2, 0) is 19.3 Å². The van der Waals surface area contributed by atoms with Crippen LogP contribution < -0.4 is 5.32 Å². The molecule has 18 heavy (non-hydrogen) atoms. The normalized spacial score (nSPS) is 24.1. The van der Waals surface area contributed by atoms with Gasteiger partial charge in [-0.05, 0) is 20.3 Å². The average molecular weight is 279 g/mol. The molecule has 5 nitrogen and oxygen atoms in total. The molecule has 1 atom stereocenters. The molecule has 0 saturated carbocycles. The molecule has 0 aromatic rings. The molecule has 108 valence electrons. The predicted molar refractivity (Wildman–Crippen MR) is 71.6 cm³/mol. The van der Waals surface area contributed by atoms with Crippen molar-refractivity contribution >= 4 is 9.84 Å². The Labute approximate surface area is 110 Å². The zero-order valence-electron chi connectivity index (χ0n) is 11.6. The van der Waals surface area contributed by atoms with E-state index >= 15 is 0 Å². The third-order valence-electron chi connectivity index (χ3n) is 2.77. The predicted octanol–water partition coefficient (Wildman–Crippen LogP) is 0.595. The molecule has 1 N–H and O–H groups in total. The summed E-state index contributed by atoms with van der Waals surface area (Å²) in [5.74, 6) is 0.343. The van der Waals surface area contributed by atoms with Crippen LogP contribution in [0, 0.1) is 0 Å². The Kier molecular flexibility index (Phi) is 6.04. The highest BCUT2D eigenvalue weighted by molar-refractivity contribution is 7.91. The number of nitrogens with one attached hydrogen (secondary N) is 1. The maximum atomic E-state index is 11.5. The van der Waals surface area contributed by atoms with Crippen molar-refractivity contribution in [1.29, 1.82) is 0 Å². The average Bonchev–Trinajstić information content (AvgIpc) is 2.23. The second-order valence-corrected chi connectivity index (χ2v) is 7.66. The Bertz CT molecular complexity index is 340. The summed E-state index contributed by atoms with van der Waals surface area (Å²) < 4.78 is 34.1. The van der Waals surface area contributed by atoms with Gasteiger partial charge in [0.05, 0.1) is 30.7 Å². The number of hydrogen-bond acceptors (Lipinski definition) is 5. The van der Waals surface area contributed by atoms with Gasteiger partial charge in [-0.25, -0.2) is 8.42 Å². The van der Waals surface area contributed by atoms with E-state index in [1.54, 1.807) is 0 Å². The molecular weight excluding hydrogens is 254 g/mol. The molecule has 6 heteroatoms. The Hall–Kier alpha value is -0.170. The van der Waals surface area contributed by atoms with E-state index in [4.69, 9.17) is 9.47 Å². The van der Waals surface area contributed by atoms with Gasteiger partial charge in [0.2, 0.25) is 0 Å². The first-order valence-corrected chi connectivity index (χ1v) is 8.33. The maximum Gasteiger partial charge on any atom is 0.152 e. The molecule has 0 amide bonds. The molecule has 0 bridgehead atoms. The summed E-state index contributed by atoms with van der Waals surface area (Å²) in [6, 6.07) is 0. The molecule has 1 fully saturated rings. The van der Waals surface area contributed by atoms with E-state index in [0.29, 0.717) is 13.0 Å². The molecule has 0 aromatic carbocycles. The van der Waals surface area contributed by atoms with E-state index in [1.807, 2.05) is 20.8 Å². The highest BCUT2D eigenvalue weighted by Gasteiger charge is 2.28. The van der Waals surface area contributed by atoms with Crippen molar-refractivity contribution in [2.45, 2.75) is 38.9 Å². The van der Waals surface area contributed by atoms with Gasteiger partial charge in [-0.2, -0.15) is 0 Å². The summed E-state index contributed by atoms with van der Waals surface area (Å²) in [6.45, 7) is 8.19. The van der Waals surface area contributed by atoms with Crippen LogP contribution in [0.5, 0.6) is 0 Å². The molecule has 1 unspecified atom stereocenters. The minimum absolute atomic E-state index is 0.00243. The second kappa shape index (κ2) is 6.84. The number of ether oxygens (including phenoxy) is 2. The minimum Gasteiger partial charge on any atom is -0.378 e. The molecular formula is C12H25NO4S. The van der Waals surface area contributed by atoms with Crippen LogP contribution in [0.4, 0.5) is 0 Å². The van der Waals surface area contributed by atoms with Crippen LogP contribution in [0.25, 0.3) is 0 Å². The number of morpholine rings is 1. The summed E-state index contributed by atoms with van der Waals surface area (Å²) in [7, 11) is -2.94. The summed E-state index contributed by atoms with van der Waals surface area (Å²) in [5.41, 5.74) is -0.180. The SMILES string of the molecule is CCCS(=O)(=O)CCOCC1CNCC(C)(C)O1. The molecule has 1 saturated heterocycles. The Morgan fingerprint density at radius 3 is 2.72 bits per heavy atom. The van der Waals surface area contributed by atoms with Gasteiger partial charge in [-0.1, -0.05) is 6.92 Å². The molecule has 1 aliphatic heterocycles. The number of rotatable bonds is 7. The fraction of sp³-hybridized carbons (Fsp3) is 1.00. The van der Waals surface area contributed by atoms with E-state index in [-0.39, 0.29) is 29.8 Å². The van der Waals surface area contributed by atoms with Crippen LogP contribution >= 0.6 is 0 Å². The third-order valence-corrected chi connectivity index (χ3v) is 4.58. The zero-order valence-corrected chi connectivity index (χ0v) is 12.4. The Morgan fingerprint density at radius 1 is 1.39 bits per heavy atom. The highest BCUT2D eigenvalue weighted by Crippen LogP contribution is 2.15. The molecule has 1 aliphatic rings. The maximum absolute atomic E-state index is 11.5. The van der Waals surface area contributed by atoms with Crippen LogP contribution in [-0.4, -0.2) is 57.9 Å². The largest absolute Gasteiger partial charge is 0.378 e. The van der Waals surface area contributed by atoms with Crippen LogP contribution in [0.2, 0.25) is 0 Å². The fourth-order valence-corrected chi connectivity index (χ4v) is 3.17. The van der Waals surface area contributed by atoms with Crippen molar-refractivity contribution in [3.8, 4) is 0 Å². The van der Waals surface area contributed by atoms with Gasteiger partial charge in [0.1, 0.15) is 0 Å². The van der Waals surface area contributed by atoms with E-state index in [0.717, 1.165) is 13.1 Å². The first-order chi connectivity index (χ1) is 8.35. The highest BCUT2D eigenvalue weighted by atomic mass is 32.2. The molecule has 0 aromatic heterocycles. The van der Waals surface area contributed by atoms with E-state index in [1.165, 1.54) is 0 Å². The van der Waals surface area contributed by atoms with Crippen LogP contribution in [0.15, 0.2) is 0 Å². The number of sulfone groups is 1. The van der Waals surface area contributed by atoms with Crippen molar-refractivity contribution in [3.63, 3.8) is 0 Å². The first-order valence-electron chi connectivity index (χ1n) is 6.51. The second-order valence-electron chi connectivity index (χ2n) is 5.36. The van der Waals surface area contributed by atoms with Crippen LogP contribution in [0.3, 0.4) is 0 Å². The quantitative estimate of drug-likeness (QED) is 0.691. The van der Waals surface area contributed by atoms with Crippen molar-refractivity contribution in [2.24, 2.45) is 0 Å². The molecule has 0 aliphatic carbocycles. The fourth-order valence-electron chi connectivity index (χ4n) is 1.98. The van der Waals surface area contributed by atoms with Gasteiger partial charge >= 0.3 is 0 Å². The van der Waals surface area contributed by atoms with Gasteiger partial charge in [-0.3, -0.25) is 0 Å². The topological polar surface area (TPSA) is 64.6 Å². The smallest absolute Gasteiger partial charge is 0.152 e. The van der Waals surface area contributed by atoms with Crippen molar-refractivity contribution < 1.29 is 17.9 Å². The molecule has 0 spiro atoms. The van der Waals surface area contributed by atoms with Gasteiger partial charge < -0.3 is 14.8 Å². The van der Waals surface area contributed by atoms with Crippen molar-refractivity contribution in [3.05, 3.63) is 0 Å². The van der Waals surface area contributed by atoms with E-state index < -0.39 is 9.84 Å². The van der Waals surface area contributed by atoms with E-state index in [2.05, 4.69) is 5.32 Å². The Balaban J connectivity index is 2.18. The van der Waals surface area contributed by atoms with Gasteiger partial charge in [-0.15, -0.1) is 0 Å².